The molecule has 1 atom stereocenters. The highest BCUT2D eigenvalue weighted by Gasteiger charge is 2.33. The molecule has 1 saturated heterocycles. The second-order valence-corrected chi connectivity index (χ2v) is 10.6. The van der Waals surface area contributed by atoms with Crippen LogP contribution in [0.25, 0.3) is 0 Å². The smallest absolute Gasteiger partial charge is 0.243 e. The maximum Gasteiger partial charge on any atom is 0.243 e. The number of rotatable bonds is 7. The summed E-state index contributed by atoms with van der Waals surface area (Å²) in [6, 6.07) is 19.6. The first kappa shape index (κ1) is 24.9. The summed E-state index contributed by atoms with van der Waals surface area (Å²) >= 11 is 6.13. The summed E-state index contributed by atoms with van der Waals surface area (Å²) in [4.78, 5) is 26.4. The first-order valence-electron chi connectivity index (χ1n) is 11.1. The third kappa shape index (κ3) is 5.56. The number of halogens is 1. The van der Waals surface area contributed by atoms with Crippen LogP contribution in [0.5, 0.6) is 5.75 Å². The van der Waals surface area contributed by atoms with Crippen molar-refractivity contribution in [1.29, 1.82) is 0 Å². The van der Waals surface area contributed by atoms with Crippen molar-refractivity contribution in [1.82, 2.24) is 4.31 Å². The minimum atomic E-state index is -3.76. The summed E-state index contributed by atoms with van der Waals surface area (Å²) in [6.45, 7) is 0.382. The van der Waals surface area contributed by atoms with Crippen LogP contribution in [0.15, 0.2) is 77.7 Å². The molecule has 0 aromatic heterocycles. The molecule has 1 heterocycles. The monoisotopic (exact) mass is 512 g/mol. The molecule has 7 nitrogen and oxygen atoms in total. The summed E-state index contributed by atoms with van der Waals surface area (Å²) in [5, 5.41) is 3.20. The lowest BCUT2D eigenvalue weighted by Gasteiger charge is -2.31. The number of hydrogen-bond donors (Lipinski definition) is 1. The Labute approximate surface area is 209 Å². The SMILES string of the molecule is COc1ccc(S(=O)(=O)N2CCC[C@@H](C(=O)Nc3ccc(Cl)cc3C(=O)c3ccccc3)C2)cc1. The number of carbonyl (C=O) groups excluding carboxylic acids is 2. The van der Waals surface area contributed by atoms with Crippen LogP contribution in [0.1, 0.15) is 28.8 Å². The van der Waals surface area contributed by atoms with Crippen LogP contribution < -0.4 is 10.1 Å². The van der Waals surface area contributed by atoms with Gasteiger partial charge in [-0.25, -0.2) is 8.42 Å². The highest BCUT2D eigenvalue weighted by molar-refractivity contribution is 7.89. The van der Waals surface area contributed by atoms with Crippen molar-refractivity contribution in [2.75, 3.05) is 25.5 Å². The van der Waals surface area contributed by atoms with Crippen molar-refractivity contribution in [3.8, 4) is 5.75 Å². The Bertz CT molecular complexity index is 1330. The molecule has 1 fully saturated rings. The Morgan fingerprint density at radius 3 is 2.43 bits per heavy atom. The van der Waals surface area contributed by atoms with Gasteiger partial charge in [-0.1, -0.05) is 41.9 Å². The number of methoxy groups -OCH3 is 1. The Kier molecular flexibility index (Phi) is 7.54. The maximum atomic E-state index is 13.2. The van der Waals surface area contributed by atoms with E-state index in [1.807, 2.05) is 6.07 Å². The van der Waals surface area contributed by atoms with E-state index in [1.54, 1.807) is 48.5 Å². The predicted molar refractivity (Wildman–Crippen MR) is 134 cm³/mol. The highest BCUT2D eigenvalue weighted by atomic mass is 35.5. The third-order valence-electron chi connectivity index (χ3n) is 5.97. The molecule has 0 unspecified atom stereocenters. The second-order valence-electron chi connectivity index (χ2n) is 8.25. The predicted octanol–water partition coefficient (Wildman–Crippen LogP) is 4.62. The van der Waals surface area contributed by atoms with E-state index in [1.165, 1.54) is 29.6 Å². The molecule has 35 heavy (non-hydrogen) atoms. The van der Waals surface area contributed by atoms with Crippen LogP contribution in [0, 0.1) is 5.92 Å². The fourth-order valence-corrected chi connectivity index (χ4v) is 5.76. The minimum absolute atomic E-state index is 0.0513. The standard InChI is InChI=1S/C26H25ClN2O5S/c1-34-21-10-12-22(13-11-21)35(32,33)29-15-5-8-19(17-29)26(31)28-24-14-9-20(27)16-23(24)25(30)18-6-3-2-4-7-18/h2-4,6-7,9-14,16,19H,5,8,15,17H2,1H3,(H,28,31)/t19-/m1/s1. The van der Waals surface area contributed by atoms with Crippen LogP contribution >= 0.6 is 11.6 Å². The minimum Gasteiger partial charge on any atom is -0.497 e. The lowest BCUT2D eigenvalue weighted by atomic mass is 9.97. The van der Waals surface area contributed by atoms with E-state index in [4.69, 9.17) is 16.3 Å². The van der Waals surface area contributed by atoms with E-state index < -0.39 is 15.9 Å². The van der Waals surface area contributed by atoms with Gasteiger partial charge in [0.25, 0.3) is 0 Å². The summed E-state index contributed by atoms with van der Waals surface area (Å²) in [6.07, 6.45) is 1.08. The Morgan fingerprint density at radius 1 is 1.03 bits per heavy atom. The van der Waals surface area contributed by atoms with Gasteiger partial charge in [0.05, 0.1) is 23.6 Å². The molecule has 0 bridgehead atoms. The number of benzene rings is 3. The third-order valence-corrected chi connectivity index (χ3v) is 8.09. The summed E-state index contributed by atoms with van der Waals surface area (Å²) in [5.74, 6) is -0.615. The normalized spacial score (nSPS) is 16.5. The van der Waals surface area contributed by atoms with E-state index in [0.29, 0.717) is 41.4 Å². The molecule has 1 N–H and O–H groups in total. The summed E-state index contributed by atoms with van der Waals surface area (Å²) < 4.78 is 32.7. The number of sulfonamides is 1. The molecular formula is C26H25ClN2O5S. The van der Waals surface area contributed by atoms with Crippen molar-refractivity contribution in [3.63, 3.8) is 0 Å². The zero-order valence-electron chi connectivity index (χ0n) is 19.1. The topological polar surface area (TPSA) is 92.8 Å². The fraction of sp³-hybridized carbons (Fsp3) is 0.231. The summed E-state index contributed by atoms with van der Waals surface area (Å²) in [7, 11) is -2.25. The molecule has 0 saturated carbocycles. The van der Waals surface area contributed by atoms with E-state index in [9.17, 15) is 18.0 Å². The van der Waals surface area contributed by atoms with Gasteiger partial charge in [-0.15, -0.1) is 0 Å². The van der Waals surface area contributed by atoms with E-state index in [2.05, 4.69) is 5.32 Å². The molecule has 0 spiro atoms. The van der Waals surface area contributed by atoms with Gasteiger partial charge in [-0.2, -0.15) is 4.31 Å². The molecule has 0 radical (unpaired) electrons. The van der Waals surface area contributed by atoms with Gasteiger partial charge in [0, 0.05) is 29.2 Å². The van der Waals surface area contributed by atoms with Crippen molar-refractivity contribution in [2.24, 2.45) is 5.92 Å². The Hall–Kier alpha value is -3.20. The van der Waals surface area contributed by atoms with Gasteiger partial charge >= 0.3 is 0 Å². The first-order valence-corrected chi connectivity index (χ1v) is 13.0. The number of piperidine rings is 1. The van der Waals surface area contributed by atoms with Gasteiger partial charge in [-0.05, 0) is 55.3 Å². The van der Waals surface area contributed by atoms with Crippen LogP contribution in [-0.4, -0.2) is 44.6 Å². The molecular weight excluding hydrogens is 488 g/mol. The Morgan fingerprint density at radius 2 is 1.74 bits per heavy atom. The van der Waals surface area contributed by atoms with Crippen molar-refractivity contribution in [3.05, 3.63) is 88.9 Å². The number of carbonyl (C=O) groups is 2. The van der Waals surface area contributed by atoms with Crippen molar-refractivity contribution < 1.29 is 22.7 Å². The van der Waals surface area contributed by atoms with Gasteiger partial charge in [0.2, 0.25) is 15.9 Å². The number of ketones is 1. The first-order chi connectivity index (χ1) is 16.8. The highest BCUT2D eigenvalue weighted by Crippen LogP contribution is 2.28. The van der Waals surface area contributed by atoms with E-state index in [0.717, 1.165) is 0 Å². The lowest BCUT2D eigenvalue weighted by molar-refractivity contribution is -0.120. The summed E-state index contributed by atoms with van der Waals surface area (Å²) in [5.41, 5.74) is 1.08. The number of nitrogens with one attached hydrogen (secondary N) is 1. The van der Waals surface area contributed by atoms with Crippen molar-refractivity contribution >= 4 is 39.0 Å². The molecule has 182 valence electrons. The molecule has 3 aromatic carbocycles. The number of hydrogen-bond acceptors (Lipinski definition) is 5. The molecule has 4 rings (SSSR count). The zero-order valence-corrected chi connectivity index (χ0v) is 20.7. The van der Waals surface area contributed by atoms with Crippen LogP contribution in [-0.2, 0) is 14.8 Å². The van der Waals surface area contributed by atoms with E-state index in [-0.39, 0.29) is 28.7 Å². The van der Waals surface area contributed by atoms with Crippen LogP contribution in [0.3, 0.4) is 0 Å². The number of anilines is 1. The quantitative estimate of drug-likeness (QED) is 0.466. The van der Waals surface area contributed by atoms with Gasteiger partial charge in [-0.3, -0.25) is 9.59 Å². The van der Waals surface area contributed by atoms with Gasteiger partial charge in [0.1, 0.15) is 5.75 Å². The second kappa shape index (κ2) is 10.6. The van der Waals surface area contributed by atoms with Gasteiger partial charge < -0.3 is 10.1 Å². The van der Waals surface area contributed by atoms with Gasteiger partial charge in [0.15, 0.2) is 5.78 Å². The van der Waals surface area contributed by atoms with Crippen LogP contribution in [0.4, 0.5) is 5.69 Å². The molecule has 3 aromatic rings. The van der Waals surface area contributed by atoms with Crippen LogP contribution in [0.2, 0.25) is 5.02 Å². The molecule has 9 heteroatoms. The molecule has 1 amide bonds. The number of nitrogens with zero attached hydrogens (tertiary/aromatic N) is 1. The molecule has 1 aliphatic rings. The molecule has 0 aliphatic carbocycles. The molecule has 1 aliphatic heterocycles. The number of amides is 1. The Balaban J connectivity index is 1.52. The lowest BCUT2D eigenvalue weighted by Crippen LogP contribution is -2.43. The fourth-order valence-electron chi connectivity index (χ4n) is 4.06. The largest absolute Gasteiger partial charge is 0.497 e. The maximum absolute atomic E-state index is 13.2. The van der Waals surface area contributed by atoms with Crippen molar-refractivity contribution in [2.45, 2.75) is 17.7 Å². The zero-order chi connectivity index (χ0) is 25.0. The average molecular weight is 513 g/mol. The number of ether oxygens (including phenoxy) is 1. The average Bonchev–Trinajstić information content (AvgIpc) is 2.89. The van der Waals surface area contributed by atoms with E-state index >= 15 is 0 Å².